The molecule has 1 aromatic heterocycles. The standard InChI is InChI=1S/C23H29N3O3/c1-2-3-9-20-10-8-16-26(18-20)15-6-4-5-7-17-29-23(28)25-22-13-11-21(12-14-22)24-19-27/h8,10-14,16,18H,2-7,9,15,17H2,1H3/p+1. The molecule has 0 aliphatic rings. The Morgan fingerprint density at radius 2 is 1.90 bits per heavy atom. The molecule has 1 heterocycles. The van der Waals surface area contributed by atoms with Crippen molar-refractivity contribution in [1.82, 2.24) is 0 Å². The molecule has 1 amide bonds. The predicted octanol–water partition coefficient (Wildman–Crippen LogP) is 5.09. The van der Waals surface area contributed by atoms with Crippen LogP contribution in [0.4, 0.5) is 16.2 Å². The van der Waals surface area contributed by atoms with Gasteiger partial charge in [0.25, 0.3) is 0 Å². The number of benzene rings is 1. The SMILES string of the molecule is CCCCc1ccc[n+](CCCCCCOC(=O)Nc2ccc(N=C=O)cc2)c1. The Labute approximate surface area is 172 Å². The van der Waals surface area contributed by atoms with E-state index in [0.29, 0.717) is 18.0 Å². The van der Waals surface area contributed by atoms with Gasteiger partial charge in [0, 0.05) is 23.7 Å². The molecule has 0 fully saturated rings. The summed E-state index contributed by atoms with van der Waals surface area (Å²) in [4.78, 5) is 25.5. The second-order valence-electron chi connectivity index (χ2n) is 6.98. The minimum atomic E-state index is -0.476. The average molecular weight is 397 g/mol. The van der Waals surface area contributed by atoms with Crippen molar-refractivity contribution in [3.05, 3.63) is 54.4 Å². The fourth-order valence-corrected chi connectivity index (χ4v) is 2.98. The molecule has 0 atom stereocenters. The van der Waals surface area contributed by atoms with Crippen molar-refractivity contribution in [2.45, 2.75) is 58.4 Å². The summed E-state index contributed by atoms with van der Waals surface area (Å²) >= 11 is 0. The summed E-state index contributed by atoms with van der Waals surface area (Å²) in [6.45, 7) is 3.64. The van der Waals surface area contributed by atoms with E-state index < -0.39 is 6.09 Å². The first-order valence-electron chi connectivity index (χ1n) is 10.3. The number of anilines is 1. The Morgan fingerprint density at radius 3 is 2.66 bits per heavy atom. The van der Waals surface area contributed by atoms with E-state index in [1.807, 2.05) is 0 Å². The molecule has 6 nitrogen and oxygen atoms in total. The number of amides is 1. The van der Waals surface area contributed by atoms with E-state index in [9.17, 15) is 9.59 Å². The fourth-order valence-electron chi connectivity index (χ4n) is 2.98. The predicted molar refractivity (Wildman–Crippen MR) is 113 cm³/mol. The molecular weight excluding hydrogens is 366 g/mol. The van der Waals surface area contributed by atoms with Crippen LogP contribution in [-0.4, -0.2) is 18.8 Å². The largest absolute Gasteiger partial charge is 0.449 e. The summed E-state index contributed by atoms with van der Waals surface area (Å²) < 4.78 is 7.47. The molecule has 154 valence electrons. The number of ether oxygens (including phenoxy) is 1. The first-order chi connectivity index (χ1) is 14.2. The van der Waals surface area contributed by atoms with Crippen LogP contribution in [0.5, 0.6) is 0 Å². The van der Waals surface area contributed by atoms with Crippen LogP contribution in [0.15, 0.2) is 53.8 Å². The number of pyridine rings is 1. The summed E-state index contributed by atoms with van der Waals surface area (Å²) in [7, 11) is 0. The molecular formula is C23H30N3O3+. The molecule has 1 aromatic carbocycles. The van der Waals surface area contributed by atoms with Crippen LogP contribution in [0.25, 0.3) is 0 Å². The Bertz CT molecular complexity index is 799. The van der Waals surface area contributed by atoms with Crippen LogP contribution < -0.4 is 9.88 Å². The van der Waals surface area contributed by atoms with Gasteiger partial charge in [-0.25, -0.2) is 14.2 Å². The van der Waals surface area contributed by atoms with Crippen molar-refractivity contribution in [2.24, 2.45) is 4.99 Å². The van der Waals surface area contributed by atoms with E-state index in [4.69, 9.17) is 4.74 Å². The Morgan fingerprint density at radius 1 is 1.10 bits per heavy atom. The van der Waals surface area contributed by atoms with Crippen molar-refractivity contribution < 1.29 is 18.9 Å². The van der Waals surface area contributed by atoms with E-state index in [0.717, 1.165) is 38.6 Å². The monoisotopic (exact) mass is 396 g/mol. The highest BCUT2D eigenvalue weighted by Gasteiger charge is 2.05. The summed E-state index contributed by atoms with van der Waals surface area (Å²) in [5.41, 5.74) is 2.49. The number of hydrogen-bond donors (Lipinski definition) is 1. The van der Waals surface area contributed by atoms with Gasteiger partial charge in [-0.15, -0.1) is 0 Å². The number of aliphatic imine (C=N–C) groups is 1. The third kappa shape index (κ3) is 9.17. The number of carbonyl (C=O) groups excluding carboxylic acids is 2. The number of rotatable bonds is 12. The highest BCUT2D eigenvalue weighted by Crippen LogP contribution is 2.15. The number of nitrogens with one attached hydrogen (secondary N) is 1. The van der Waals surface area contributed by atoms with Gasteiger partial charge in [-0.3, -0.25) is 5.32 Å². The molecule has 2 rings (SSSR count). The van der Waals surface area contributed by atoms with Crippen LogP contribution in [-0.2, 0) is 22.5 Å². The maximum atomic E-state index is 11.8. The van der Waals surface area contributed by atoms with Gasteiger partial charge < -0.3 is 4.74 Å². The summed E-state index contributed by atoms with van der Waals surface area (Å²) in [5, 5.41) is 2.65. The first kappa shape index (κ1) is 22.3. The smallest absolute Gasteiger partial charge is 0.411 e. The zero-order valence-corrected chi connectivity index (χ0v) is 17.1. The first-order valence-corrected chi connectivity index (χ1v) is 10.3. The molecule has 0 aliphatic carbocycles. The minimum Gasteiger partial charge on any atom is -0.449 e. The molecule has 0 unspecified atom stereocenters. The van der Waals surface area contributed by atoms with Crippen LogP contribution in [0.1, 0.15) is 51.0 Å². The van der Waals surface area contributed by atoms with Crippen LogP contribution in [0.2, 0.25) is 0 Å². The molecule has 29 heavy (non-hydrogen) atoms. The van der Waals surface area contributed by atoms with Crippen molar-refractivity contribution in [3.8, 4) is 0 Å². The van der Waals surface area contributed by atoms with Gasteiger partial charge in [-0.05, 0) is 62.4 Å². The van der Waals surface area contributed by atoms with Gasteiger partial charge in [-0.1, -0.05) is 13.3 Å². The van der Waals surface area contributed by atoms with Crippen LogP contribution in [0, 0.1) is 0 Å². The number of isocyanates is 1. The number of carbonyl (C=O) groups is 1. The third-order valence-electron chi connectivity index (χ3n) is 4.57. The number of unbranched alkanes of at least 4 members (excludes halogenated alkanes) is 4. The normalized spacial score (nSPS) is 10.2. The highest BCUT2D eigenvalue weighted by molar-refractivity contribution is 5.84. The Hall–Kier alpha value is -2.98. The van der Waals surface area contributed by atoms with E-state index in [-0.39, 0.29) is 0 Å². The molecule has 1 N–H and O–H groups in total. The van der Waals surface area contributed by atoms with E-state index in [1.165, 1.54) is 24.5 Å². The van der Waals surface area contributed by atoms with E-state index in [1.54, 1.807) is 24.3 Å². The summed E-state index contributed by atoms with van der Waals surface area (Å²) in [6, 6.07) is 10.9. The van der Waals surface area contributed by atoms with Crippen LogP contribution >= 0.6 is 0 Å². The minimum absolute atomic E-state index is 0.402. The Kier molecular flexibility index (Phi) is 10.2. The van der Waals surface area contributed by atoms with Crippen molar-refractivity contribution in [1.29, 1.82) is 0 Å². The lowest BCUT2D eigenvalue weighted by Crippen LogP contribution is -2.33. The zero-order chi connectivity index (χ0) is 20.7. The number of nitrogens with zero attached hydrogens (tertiary/aromatic N) is 2. The van der Waals surface area contributed by atoms with Crippen LogP contribution in [0.3, 0.4) is 0 Å². The molecule has 2 aromatic rings. The summed E-state index contributed by atoms with van der Waals surface area (Å²) in [6.07, 6.45) is 13.1. The fraction of sp³-hybridized carbons (Fsp3) is 0.435. The van der Waals surface area contributed by atoms with Gasteiger partial charge in [0.05, 0.1) is 12.3 Å². The maximum Gasteiger partial charge on any atom is 0.411 e. The lowest BCUT2D eigenvalue weighted by molar-refractivity contribution is -0.697. The lowest BCUT2D eigenvalue weighted by Gasteiger charge is -2.07. The second kappa shape index (κ2) is 13.2. The highest BCUT2D eigenvalue weighted by atomic mass is 16.5. The maximum absolute atomic E-state index is 11.8. The van der Waals surface area contributed by atoms with E-state index in [2.05, 4.69) is 46.3 Å². The lowest BCUT2D eigenvalue weighted by atomic mass is 10.1. The molecule has 0 spiro atoms. The molecule has 6 heteroatoms. The topological polar surface area (TPSA) is 71.6 Å². The average Bonchev–Trinajstić information content (AvgIpc) is 2.73. The zero-order valence-electron chi connectivity index (χ0n) is 17.1. The molecule has 0 radical (unpaired) electrons. The van der Waals surface area contributed by atoms with Crippen molar-refractivity contribution in [2.75, 3.05) is 11.9 Å². The van der Waals surface area contributed by atoms with Gasteiger partial charge in [0.15, 0.2) is 12.4 Å². The van der Waals surface area contributed by atoms with Crippen molar-refractivity contribution in [3.63, 3.8) is 0 Å². The third-order valence-corrected chi connectivity index (χ3v) is 4.57. The van der Waals surface area contributed by atoms with Crippen molar-refractivity contribution >= 4 is 23.5 Å². The molecule has 0 aliphatic heterocycles. The summed E-state index contributed by atoms with van der Waals surface area (Å²) in [5.74, 6) is 0. The Balaban J connectivity index is 1.55. The van der Waals surface area contributed by atoms with Gasteiger partial charge in [0.2, 0.25) is 6.08 Å². The number of aromatic nitrogens is 1. The van der Waals surface area contributed by atoms with E-state index >= 15 is 0 Å². The number of hydrogen-bond acceptors (Lipinski definition) is 4. The van der Waals surface area contributed by atoms with Gasteiger partial charge in [0.1, 0.15) is 6.54 Å². The molecule has 0 bridgehead atoms. The molecule has 0 saturated heterocycles. The molecule has 0 saturated carbocycles. The van der Waals surface area contributed by atoms with Gasteiger partial charge >= 0.3 is 6.09 Å². The van der Waals surface area contributed by atoms with Gasteiger partial charge in [-0.2, -0.15) is 4.99 Å². The number of aryl methyl sites for hydroxylation is 2. The quantitative estimate of drug-likeness (QED) is 0.235. The second-order valence-corrected chi connectivity index (χ2v) is 6.98.